The summed E-state index contributed by atoms with van der Waals surface area (Å²) in [6, 6.07) is 6.22. The van der Waals surface area contributed by atoms with Crippen molar-refractivity contribution in [1.82, 2.24) is 15.2 Å². The van der Waals surface area contributed by atoms with E-state index < -0.39 is 4.92 Å². The van der Waals surface area contributed by atoms with Crippen LogP contribution in [0.15, 0.2) is 24.3 Å². The molecule has 0 bridgehead atoms. The monoisotopic (exact) mass is 536 g/mol. The number of aromatic amines is 1. The molecule has 0 amide bonds. The zero-order chi connectivity index (χ0) is 27.6. The molecule has 3 saturated carbocycles. The number of esters is 1. The lowest BCUT2D eigenvalue weighted by molar-refractivity contribution is -0.384. The molecule has 39 heavy (non-hydrogen) atoms. The molecule has 8 nitrogen and oxygen atoms in total. The van der Waals surface area contributed by atoms with Gasteiger partial charge < -0.3 is 4.74 Å². The highest BCUT2D eigenvalue weighted by Gasteiger charge is 2.55. The Hall–Kier alpha value is -2.77. The predicted molar refractivity (Wildman–Crippen MR) is 150 cm³/mol. The number of benzene rings is 1. The Bertz CT molecular complexity index is 1170. The number of nitro groups is 1. The molecule has 1 aromatic heterocycles. The summed E-state index contributed by atoms with van der Waals surface area (Å²) >= 11 is 0. The number of carbonyl (C=O) groups is 1. The normalized spacial score (nSPS) is 29.6. The molecule has 0 aliphatic heterocycles. The Balaban J connectivity index is 1.38. The number of H-pyrrole nitrogens is 1. The minimum Gasteiger partial charge on any atom is -0.461 e. The molecule has 0 saturated heterocycles. The summed E-state index contributed by atoms with van der Waals surface area (Å²) in [6.07, 6.45) is 14.7. The highest BCUT2D eigenvalue weighted by Crippen LogP contribution is 2.58. The van der Waals surface area contributed by atoms with E-state index in [1.165, 1.54) is 76.3 Å². The van der Waals surface area contributed by atoms with E-state index in [-0.39, 0.29) is 35.0 Å². The van der Waals surface area contributed by atoms with Gasteiger partial charge in [-0.2, -0.15) is 5.10 Å². The fourth-order valence-electron chi connectivity index (χ4n) is 8.31. The number of non-ortho nitro benzene ring substituents is 1. The third-order valence-electron chi connectivity index (χ3n) is 10.3. The molecule has 3 aliphatic rings. The minimum absolute atomic E-state index is 0.0121. The number of nitrogens with one attached hydrogen (secondary N) is 1. The number of hydrogen-bond acceptors (Lipinski definition) is 6. The van der Waals surface area contributed by atoms with Crippen LogP contribution in [-0.2, 0) is 16.0 Å². The molecule has 0 radical (unpaired) electrons. The second-order valence-corrected chi connectivity index (χ2v) is 13.2. The van der Waals surface area contributed by atoms with Crippen molar-refractivity contribution in [2.45, 2.75) is 110 Å². The summed E-state index contributed by atoms with van der Waals surface area (Å²) in [4.78, 5) is 28.8. The molecule has 3 fully saturated rings. The maximum Gasteiger partial charge on any atom is 0.313 e. The number of ether oxygens (including phenoxy) is 1. The van der Waals surface area contributed by atoms with E-state index in [0.29, 0.717) is 35.0 Å². The van der Waals surface area contributed by atoms with Gasteiger partial charge in [0.1, 0.15) is 18.3 Å². The lowest BCUT2D eigenvalue weighted by Gasteiger charge is -2.57. The molecule has 3 aliphatic carbocycles. The second kappa shape index (κ2) is 11.4. The number of carbonyl (C=O) groups excluding carboxylic acids is 1. The van der Waals surface area contributed by atoms with Gasteiger partial charge in [-0.15, -0.1) is 0 Å². The second-order valence-electron chi connectivity index (χ2n) is 13.2. The summed E-state index contributed by atoms with van der Waals surface area (Å²) in [5.41, 5.74) is 0.703. The van der Waals surface area contributed by atoms with Gasteiger partial charge in [0.15, 0.2) is 5.82 Å². The number of nitro benzene ring substituents is 1. The molecule has 8 heteroatoms. The van der Waals surface area contributed by atoms with Gasteiger partial charge in [-0.25, -0.2) is 4.98 Å². The largest absolute Gasteiger partial charge is 0.461 e. The van der Waals surface area contributed by atoms with Crippen molar-refractivity contribution in [3.8, 4) is 11.4 Å². The molecule has 4 unspecified atom stereocenters. The van der Waals surface area contributed by atoms with Gasteiger partial charge in [0.25, 0.3) is 5.69 Å². The first-order chi connectivity index (χ1) is 18.7. The molecule has 1 N–H and O–H groups in total. The number of nitrogens with zero attached hydrogens (tertiary/aromatic N) is 3. The van der Waals surface area contributed by atoms with Crippen LogP contribution in [0.25, 0.3) is 11.4 Å². The van der Waals surface area contributed by atoms with Crippen LogP contribution in [0.2, 0.25) is 0 Å². The van der Waals surface area contributed by atoms with E-state index in [0.717, 1.165) is 12.8 Å². The topological polar surface area (TPSA) is 111 Å². The van der Waals surface area contributed by atoms with Crippen molar-refractivity contribution >= 4 is 11.7 Å². The fourth-order valence-corrected chi connectivity index (χ4v) is 8.31. The first kappa shape index (κ1) is 27.8. The van der Waals surface area contributed by atoms with Crippen LogP contribution < -0.4 is 0 Å². The van der Waals surface area contributed by atoms with Crippen molar-refractivity contribution in [2.75, 3.05) is 0 Å². The third kappa shape index (κ3) is 5.90. The lowest BCUT2D eigenvalue weighted by atomic mass is 9.50. The van der Waals surface area contributed by atoms with Gasteiger partial charge in [-0.05, 0) is 55.8 Å². The van der Waals surface area contributed by atoms with Crippen molar-refractivity contribution in [1.29, 1.82) is 0 Å². The van der Waals surface area contributed by atoms with Crippen LogP contribution in [0, 0.1) is 38.7 Å². The molecule has 2 aromatic rings. The maximum absolute atomic E-state index is 13.6. The quantitative estimate of drug-likeness (QED) is 0.224. The molecule has 0 spiro atoms. The zero-order valence-electron chi connectivity index (χ0n) is 23.8. The van der Waals surface area contributed by atoms with Gasteiger partial charge in [-0.1, -0.05) is 71.4 Å². The Morgan fingerprint density at radius 2 is 1.85 bits per heavy atom. The third-order valence-corrected chi connectivity index (χ3v) is 10.3. The van der Waals surface area contributed by atoms with E-state index in [1.54, 1.807) is 12.1 Å². The van der Waals surface area contributed by atoms with Crippen molar-refractivity contribution < 1.29 is 14.5 Å². The van der Waals surface area contributed by atoms with E-state index >= 15 is 0 Å². The predicted octanol–water partition coefficient (Wildman–Crippen LogP) is 7.44. The molecule has 5 rings (SSSR count). The molecule has 1 heterocycles. The Morgan fingerprint density at radius 3 is 2.56 bits per heavy atom. The van der Waals surface area contributed by atoms with E-state index in [2.05, 4.69) is 36.0 Å². The van der Waals surface area contributed by atoms with Gasteiger partial charge >= 0.3 is 5.97 Å². The van der Waals surface area contributed by atoms with E-state index in [1.807, 2.05) is 0 Å². The molecule has 1 aromatic carbocycles. The van der Waals surface area contributed by atoms with Crippen molar-refractivity contribution in [3.05, 3.63) is 40.2 Å². The summed E-state index contributed by atoms with van der Waals surface area (Å²) in [7, 11) is 0. The number of aromatic nitrogens is 3. The SMILES string of the molecule is CC1CC(C2(C)CCCCC2)C(OC(=O)Cc2nc(-c3cccc([N+](=O)[O-])c3)n[nH]2)C(C)(C2CCCCC2)C1. The number of rotatable bonds is 7. The van der Waals surface area contributed by atoms with E-state index in [9.17, 15) is 14.9 Å². The Kier molecular flexibility index (Phi) is 8.11. The molecule has 212 valence electrons. The average Bonchev–Trinajstić information content (AvgIpc) is 3.39. The lowest BCUT2D eigenvalue weighted by Crippen LogP contribution is -2.55. The van der Waals surface area contributed by atoms with Crippen LogP contribution in [0.5, 0.6) is 0 Å². The minimum atomic E-state index is -0.438. The molecular weight excluding hydrogens is 492 g/mol. The smallest absolute Gasteiger partial charge is 0.313 e. The van der Waals surface area contributed by atoms with Crippen molar-refractivity contribution in [3.63, 3.8) is 0 Å². The van der Waals surface area contributed by atoms with Crippen LogP contribution in [0.3, 0.4) is 0 Å². The van der Waals surface area contributed by atoms with Crippen LogP contribution in [-0.4, -0.2) is 32.2 Å². The van der Waals surface area contributed by atoms with Crippen LogP contribution in [0.4, 0.5) is 5.69 Å². The highest BCUT2D eigenvalue weighted by atomic mass is 16.6. The van der Waals surface area contributed by atoms with Gasteiger partial charge in [0.05, 0.1) is 4.92 Å². The van der Waals surface area contributed by atoms with Crippen LogP contribution >= 0.6 is 0 Å². The van der Waals surface area contributed by atoms with Crippen molar-refractivity contribution in [2.24, 2.45) is 28.6 Å². The van der Waals surface area contributed by atoms with Crippen LogP contribution in [0.1, 0.15) is 104 Å². The standard InChI is InChI=1S/C31H44N4O4/c1-21-17-25(30(2)15-8-5-9-16-30)28(31(3,20-21)23-12-6-4-7-13-23)39-27(36)19-26-32-29(34-33-26)22-11-10-14-24(18-22)35(37)38/h10-11,14,18,21,23,25,28H,4-9,12-13,15-17,19-20H2,1-3H3,(H,32,33,34). The Labute approximate surface area is 231 Å². The molecular formula is C31H44N4O4. The Morgan fingerprint density at radius 1 is 1.13 bits per heavy atom. The molecule has 4 atom stereocenters. The maximum atomic E-state index is 13.6. The summed E-state index contributed by atoms with van der Waals surface area (Å²) in [6.45, 7) is 7.28. The first-order valence-electron chi connectivity index (χ1n) is 15.0. The average molecular weight is 537 g/mol. The summed E-state index contributed by atoms with van der Waals surface area (Å²) < 4.78 is 6.59. The van der Waals surface area contributed by atoms with E-state index in [4.69, 9.17) is 4.74 Å². The highest BCUT2D eigenvalue weighted by molar-refractivity contribution is 5.72. The summed E-state index contributed by atoms with van der Waals surface area (Å²) in [5, 5.41) is 18.3. The zero-order valence-corrected chi connectivity index (χ0v) is 23.8. The number of hydrogen-bond donors (Lipinski definition) is 1. The first-order valence-corrected chi connectivity index (χ1v) is 15.0. The van der Waals surface area contributed by atoms with Gasteiger partial charge in [0.2, 0.25) is 0 Å². The fraction of sp³-hybridized carbons (Fsp3) is 0.710. The summed E-state index contributed by atoms with van der Waals surface area (Å²) in [5.74, 6) is 2.09. The van der Waals surface area contributed by atoms with Gasteiger partial charge in [0, 0.05) is 29.0 Å². The van der Waals surface area contributed by atoms with Gasteiger partial charge in [-0.3, -0.25) is 20.0 Å².